The van der Waals surface area contributed by atoms with Crippen LogP contribution in [0.1, 0.15) is 81.8 Å². The molecule has 66 heavy (non-hydrogen) atoms. The van der Waals surface area contributed by atoms with Gasteiger partial charge in [0.25, 0.3) is 11.8 Å². The number of carbonyl (C=O) groups excluding carboxylic acids is 5. The minimum Gasteiger partial charge on any atom is -0.444 e. The monoisotopic (exact) mass is 974 g/mol. The Morgan fingerprint density at radius 3 is 1.68 bits per heavy atom. The van der Waals surface area contributed by atoms with Gasteiger partial charge in [-0.3, -0.25) is 19.4 Å². The van der Waals surface area contributed by atoms with E-state index in [2.05, 4.69) is 54.0 Å². The van der Waals surface area contributed by atoms with Crippen LogP contribution in [0.25, 0.3) is 22.2 Å². The van der Waals surface area contributed by atoms with Gasteiger partial charge in [-0.15, -0.1) is 0 Å². The number of amides is 5. The number of nitrogens with two attached hydrogens (primary N) is 2. The average molecular weight is 976 g/mol. The van der Waals surface area contributed by atoms with E-state index >= 15 is 0 Å². The first-order valence-corrected chi connectivity index (χ1v) is 22.3. The van der Waals surface area contributed by atoms with E-state index < -0.39 is 23.0 Å². The topological polar surface area (TPSA) is 255 Å². The fourth-order valence-corrected chi connectivity index (χ4v) is 8.03. The van der Waals surface area contributed by atoms with Gasteiger partial charge in [0.1, 0.15) is 17.8 Å². The molecule has 5 amide bonds. The summed E-state index contributed by atoms with van der Waals surface area (Å²) < 4.78 is 20.0. The largest absolute Gasteiger partial charge is 0.444 e. The van der Waals surface area contributed by atoms with Crippen LogP contribution in [0.3, 0.4) is 0 Å². The van der Waals surface area contributed by atoms with E-state index in [1.165, 1.54) is 19.5 Å². The molecule has 5 aromatic heterocycles. The van der Waals surface area contributed by atoms with Gasteiger partial charge in [0, 0.05) is 79.6 Å². The number of anilines is 2. The van der Waals surface area contributed by atoms with Crippen molar-refractivity contribution < 1.29 is 38.2 Å². The lowest BCUT2D eigenvalue weighted by Crippen LogP contribution is -2.36. The highest BCUT2D eigenvalue weighted by Gasteiger charge is 2.37. The highest BCUT2D eigenvalue weighted by atomic mass is 79.9. The SMILES string of the molecule is COCC(=O)NCc1ccc(-c2cc3c(N[C@@H]4CN(C(=O)OC(C)(C)C)C[C@@H]4C)c(C(N)=O)cnn3c2)cn1.C[C@H]1CN(C(=O)OC(C)(C)C)C[C@H]1Nc1c(C(N)=O)cnn2cc(Br)cc12. The zero-order valence-corrected chi connectivity index (χ0v) is 40.3. The molecule has 5 aromatic rings. The summed E-state index contributed by atoms with van der Waals surface area (Å²) in [5, 5.41) is 18.2. The Bertz CT molecular complexity index is 2600. The second-order valence-electron chi connectivity index (χ2n) is 18.6. The van der Waals surface area contributed by atoms with E-state index in [4.69, 9.17) is 25.7 Å². The van der Waals surface area contributed by atoms with Crippen molar-refractivity contribution in [1.82, 2.24) is 39.3 Å². The number of halogens is 1. The maximum atomic E-state index is 12.6. The molecule has 354 valence electrons. The fourth-order valence-electron chi connectivity index (χ4n) is 7.62. The number of likely N-dealkylation sites (tertiary alicyclic amines) is 2. The van der Waals surface area contributed by atoms with Gasteiger partial charge < -0.3 is 51.4 Å². The quantitative estimate of drug-likeness (QED) is 0.113. The van der Waals surface area contributed by atoms with E-state index in [-0.39, 0.29) is 60.7 Å². The van der Waals surface area contributed by atoms with Gasteiger partial charge in [0.15, 0.2) is 0 Å². The molecule has 2 fully saturated rings. The molecule has 0 saturated carbocycles. The summed E-state index contributed by atoms with van der Waals surface area (Å²) in [7, 11) is 1.46. The number of nitrogens with one attached hydrogen (secondary N) is 3. The molecule has 0 spiro atoms. The number of nitrogens with zero attached hydrogens (tertiary/aromatic N) is 7. The van der Waals surface area contributed by atoms with Crippen LogP contribution in [0, 0.1) is 11.8 Å². The summed E-state index contributed by atoms with van der Waals surface area (Å²) in [6, 6.07) is 7.33. The molecule has 0 unspecified atom stereocenters. The minimum absolute atomic E-state index is 0.00919. The van der Waals surface area contributed by atoms with Gasteiger partial charge in [-0.1, -0.05) is 19.9 Å². The van der Waals surface area contributed by atoms with Crippen LogP contribution < -0.4 is 27.4 Å². The number of ether oxygens (including phenoxy) is 3. The van der Waals surface area contributed by atoms with Crippen molar-refractivity contribution >= 4 is 68.2 Å². The van der Waals surface area contributed by atoms with Crippen LogP contribution in [0.5, 0.6) is 0 Å². The second kappa shape index (κ2) is 19.9. The first-order valence-electron chi connectivity index (χ1n) is 21.5. The number of pyridine rings is 1. The standard InChI is InChI=1S/C27H35N7O5.C18H24BrN5O3/c1-16-12-33(26(37)39-27(2,3)4)14-21(16)32-24-20(25(28)36)11-31-34-13-18(8-22(24)34)17-6-7-19(29-9-17)10-30-23(35)15-38-5;1-10-7-23(17(26)27-18(2,3)4)9-13(10)22-15-12(16(20)25)6-21-24-8-11(19)5-14(15)24/h6-9,11,13,16,21,32H,10,12,14-15H2,1-5H3,(H2,28,36)(H,30,35);5-6,8,10,13,22H,7,9H2,1-4H3,(H2,20,25)/t16-,21+;10-,13+/m00/s1. The van der Waals surface area contributed by atoms with Crippen LogP contribution in [0.2, 0.25) is 0 Å². The minimum atomic E-state index is -0.605. The molecule has 2 saturated heterocycles. The molecular formula is C45H59BrN12O8. The van der Waals surface area contributed by atoms with E-state index in [1.54, 1.807) is 31.2 Å². The number of methoxy groups -OCH3 is 1. The van der Waals surface area contributed by atoms with Gasteiger partial charge in [0.05, 0.1) is 58.2 Å². The highest BCUT2D eigenvalue weighted by Crippen LogP contribution is 2.32. The number of aromatic nitrogens is 5. The molecule has 0 aromatic carbocycles. The van der Waals surface area contributed by atoms with Gasteiger partial charge in [0.2, 0.25) is 5.91 Å². The van der Waals surface area contributed by atoms with Gasteiger partial charge in [-0.2, -0.15) is 10.2 Å². The van der Waals surface area contributed by atoms with Gasteiger partial charge >= 0.3 is 12.2 Å². The van der Waals surface area contributed by atoms with Crippen LogP contribution >= 0.6 is 15.9 Å². The molecule has 2 aliphatic rings. The number of rotatable bonds is 11. The van der Waals surface area contributed by atoms with Crippen LogP contribution in [0.15, 0.2) is 59.7 Å². The zero-order valence-electron chi connectivity index (χ0n) is 38.7. The molecule has 7 heterocycles. The van der Waals surface area contributed by atoms with Crippen molar-refractivity contribution in [3.8, 4) is 11.1 Å². The summed E-state index contributed by atoms with van der Waals surface area (Å²) in [4.78, 5) is 68.6. The van der Waals surface area contributed by atoms with Crippen molar-refractivity contribution in [3.05, 3.63) is 76.5 Å². The van der Waals surface area contributed by atoms with Crippen LogP contribution in [-0.2, 0) is 25.5 Å². The average Bonchev–Trinajstić information content (AvgIpc) is 4.01. The summed E-state index contributed by atoms with van der Waals surface area (Å²) in [5.41, 5.74) is 15.6. The van der Waals surface area contributed by atoms with Crippen LogP contribution in [-0.4, -0.2) is 127 Å². The third kappa shape index (κ3) is 12.0. The van der Waals surface area contributed by atoms with Crippen molar-refractivity contribution in [2.75, 3.05) is 50.5 Å². The third-order valence-electron chi connectivity index (χ3n) is 10.9. The maximum Gasteiger partial charge on any atom is 0.410 e. The molecule has 0 bridgehead atoms. The number of carbonyl (C=O) groups is 5. The summed E-state index contributed by atoms with van der Waals surface area (Å²) in [6.07, 6.45) is 7.55. The van der Waals surface area contributed by atoms with Crippen LogP contribution in [0.4, 0.5) is 21.0 Å². The predicted molar refractivity (Wildman–Crippen MR) is 251 cm³/mol. The number of hydrogen-bond acceptors (Lipinski definition) is 13. The first kappa shape index (κ1) is 49.0. The molecular weight excluding hydrogens is 916 g/mol. The smallest absolute Gasteiger partial charge is 0.410 e. The van der Waals surface area contributed by atoms with Crippen molar-refractivity contribution in [3.63, 3.8) is 0 Å². The lowest BCUT2D eigenvalue weighted by molar-refractivity contribution is -0.124. The fraction of sp³-hybridized carbons (Fsp3) is 0.467. The molecule has 4 atom stereocenters. The molecule has 7 N–H and O–H groups in total. The molecule has 0 radical (unpaired) electrons. The Labute approximate surface area is 391 Å². The normalized spacial score (nSPS) is 18.5. The summed E-state index contributed by atoms with van der Waals surface area (Å²) >= 11 is 3.43. The number of hydrogen-bond donors (Lipinski definition) is 5. The van der Waals surface area contributed by atoms with E-state index in [9.17, 15) is 24.0 Å². The highest BCUT2D eigenvalue weighted by molar-refractivity contribution is 9.10. The number of fused-ring (bicyclic) bond motifs is 2. The predicted octanol–water partition coefficient (Wildman–Crippen LogP) is 5.29. The van der Waals surface area contributed by atoms with Gasteiger partial charge in [-0.05, 0) is 87.5 Å². The van der Waals surface area contributed by atoms with Crippen molar-refractivity contribution in [2.45, 2.75) is 85.2 Å². The molecule has 21 heteroatoms. The molecule has 20 nitrogen and oxygen atoms in total. The van der Waals surface area contributed by atoms with E-state index in [1.807, 2.05) is 78.9 Å². The molecule has 7 rings (SSSR count). The number of primary amides is 2. The zero-order chi connectivity index (χ0) is 48.2. The third-order valence-corrected chi connectivity index (χ3v) is 11.3. The van der Waals surface area contributed by atoms with E-state index in [0.717, 1.165) is 21.1 Å². The molecule has 0 aliphatic carbocycles. The van der Waals surface area contributed by atoms with Crippen molar-refractivity contribution in [1.29, 1.82) is 0 Å². The Morgan fingerprint density at radius 2 is 1.23 bits per heavy atom. The lowest BCUT2D eigenvalue weighted by atomic mass is 10.1. The Morgan fingerprint density at radius 1 is 0.727 bits per heavy atom. The van der Waals surface area contributed by atoms with Crippen molar-refractivity contribution in [2.24, 2.45) is 23.3 Å². The second-order valence-corrected chi connectivity index (χ2v) is 19.5. The Balaban J connectivity index is 0.000000233. The molecule has 2 aliphatic heterocycles. The summed E-state index contributed by atoms with van der Waals surface area (Å²) in [6.45, 7) is 17.4. The maximum absolute atomic E-state index is 12.6. The Kier molecular flexibility index (Phi) is 14.8. The Hall–Kier alpha value is -6.48. The van der Waals surface area contributed by atoms with E-state index in [0.29, 0.717) is 54.3 Å². The lowest BCUT2D eigenvalue weighted by Gasteiger charge is -2.24. The van der Waals surface area contributed by atoms with Gasteiger partial charge in [-0.25, -0.2) is 18.6 Å². The first-order chi connectivity index (χ1) is 31.0. The summed E-state index contributed by atoms with van der Waals surface area (Å²) in [5.74, 6) is -1.11.